The van der Waals surface area contributed by atoms with E-state index in [-0.39, 0.29) is 23.3 Å². The van der Waals surface area contributed by atoms with Gasteiger partial charge in [-0.15, -0.1) is 0 Å². The van der Waals surface area contributed by atoms with Crippen LogP contribution in [-0.2, 0) is 9.84 Å². The predicted molar refractivity (Wildman–Crippen MR) is 80.5 cm³/mol. The Labute approximate surface area is 128 Å². The molecule has 0 bridgehead atoms. The van der Waals surface area contributed by atoms with Gasteiger partial charge in [-0.1, -0.05) is 0 Å². The van der Waals surface area contributed by atoms with Gasteiger partial charge in [0.25, 0.3) is 5.91 Å². The van der Waals surface area contributed by atoms with Crippen LogP contribution >= 0.6 is 0 Å². The quantitative estimate of drug-likeness (QED) is 0.882. The second kappa shape index (κ2) is 5.88. The number of aromatic nitrogens is 3. The van der Waals surface area contributed by atoms with Gasteiger partial charge < -0.3 is 5.32 Å². The van der Waals surface area contributed by atoms with Crippen molar-refractivity contribution in [2.45, 2.75) is 6.42 Å². The summed E-state index contributed by atoms with van der Waals surface area (Å²) in [5, 5.41) is 2.80. The number of amides is 1. The zero-order chi connectivity index (χ0) is 15.6. The van der Waals surface area contributed by atoms with E-state index in [2.05, 4.69) is 15.3 Å². The Morgan fingerprint density at radius 1 is 1.41 bits per heavy atom. The molecule has 3 heterocycles. The summed E-state index contributed by atoms with van der Waals surface area (Å²) in [6.07, 6.45) is 7.15. The highest BCUT2D eigenvalue weighted by molar-refractivity contribution is 7.91. The van der Waals surface area contributed by atoms with Crippen LogP contribution in [0.3, 0.4) is 0 Å². The van der Waals surface area contributed by atoms with Gasteiger partial charge in [-0.3, -0.25) is 9.36 Å². The number of imidazole rings is 1. The average Bonchev–Trinajstić information content (AvgIpc) is 3.14. The fourth-order valence-electron chi connectivity index (χ4n) is 2.47. The lowest BCUT2D eigenvalue weighted by atomic mass is 10.1. The minimum absolute atomic E-state index is 0.00362. The second-order valence-electron chi connectivity index (χ2n) is 5.35. The number of hydrogen-bond donors (Lipinski definition) is 1. The van der Waals surface area contributed by atoms with Gasteiger partial charge in [0.1, 0.15) is 12.1 Å². The van der Waals surface area contributed by atoms with E-state index in [1.807, 2.05) is 0 Å². The lowest BCUT2D eigenvalue weighted by Crippen LogP contribution is -2.29. The first-order chi connectivity index (χ1) is 10.5. The number of hydrogen-bond acceptors (Lipinski definition) is 5. The van der Waals surface area contributed by atoms with E-state index < -0.39 is 9.84 Å². The van der Waals surface area contributed by atoms with Gasteiger partial charge in [0.05, 0.1) is 11.5 Å². The third-order valence-corrected chi connectivity index (χ3v) is 5.49. The minimum atomic E-state index is -2.92. The first-order valence-electron chi connectivity index (χ1n) is 6.96. The Bertz CT molecular complexity index is 771. The van der Waals surface area contributed by atoms with E-state index >= 15 is 0 Å². The van der Waals surface area contributed by atoms with Crippen LogP contribution in [0.1, 0.15) is 16.8 Å². The van der Waals surface area contributed by atoms with Crippen LogP contribution in [-0.4, -0.2) is 46.9 Å². The van der Waals surface area contributed by atoms with Crippen molar-refractivity contribution in [1.82, 2.24) is 19.9 Å². The molecule has 116 valence electrons. The zero-order valence-corrected chi connectivity index (χ0v) is 12.7. The number of nitrogens with zero attached hydrogens (tertiary/aromatic N) is 3. The summed E-state index contributed by atoms with van der Waals surface area (Å²) in [6.45, 7) is 0.376. The SMILES string of the molecule is O=C(NCC1CCS(=O)(=O)C1)c1ccnc(-n2ccnc2)c1. The molecule has 8 heteroatoms. The summed E-state index contributed by atoms with van der Waals surface area (Å²) in [7, 11) is -2.92. The fourth-order valence-corrected chi connectivity index (χ4v) is 4.33. The van der Waals surface area contributed by atoms with Crippen LogP contribution in [0.15, 0.2) is 37.1 Å². The summed E-state index contributed by atoms with van der Waals surface area (Å²) in [5.74, 6) is 0.753. The van der Waals surface area contributed by atoms with Crippen LogP contribution in [0, 0.1) is 5.92 Å². The summed E-state index contributed by atoms with van der Waals surface area (Å²) < 4.78 is 24.5. The molecule has 7 nitrogen and oxygen atoms in total. The molecule has 0 aromatic carbocycles. The monoisotopic (exact) mass is 320 g/mol. The van der Waals surface area contributed by atoms with E-state index in [4.69, 9.17) is 0 Å². The van der Waals surface area contributed by atoms with Crippen molar-refractivity contribution in [3.8, 4) is 5.82 Å². The normalized spacial score (nSPS) is 19.9. The van der Waals surface area contributed by atoms with Gasteiger partial charge >= 0.3 is 0 Å². The Balaban J connectivity index is 1.64. The summed E-state index contributed by atoms with van der Waals surface area (Å²) in [5.41, 5.74) is 0.486. The molecule has 1 aliphatic rings. The molecule has 0 aliphatic carbocycles. The molecule has 1 aliphatic heterocycles. The van der Waals surface area contributed by atoms with Crippen molar-refractivity contribution >= 4 is 15.7 Å². The van der Waals surface area contributed by atoms with Crippen molar-refractivity contribution in [3.05, 3.63) is 42.6 Å². The van der Waals surface area contributed by atoms with Crippen LogP contribution in [0.25, 0.3) is 5.82 Å². The average molecular weight is 320 g/mol. The first kappa shape index (κ1) is 14.7. The summed E-state index contributed by atoms with van der Waals surface area (Å²) >= 11 is 0. The number of sulfone groups is 1. The van der Waals surface area contributed by atoms with Crippen molar-refractivity contribution in [2.24, 2.45) is 5.92 Å². The summed E-state index contributed by atoms with van der Waals surface area (Å²) in [4.78, 5) is 20.3. The topological polar surface area (TPSA) is 94.0 Å². The van der Waals surface area contributed by atoms with Gasteiger partial charge in [0, 0.05) is 30.7 Å². The molecule has 1 unspecified atom stereocenters. The molecule has 1 atom stereocenters. The molecule has 1 N–H and O–H groups in total. The first-order valence-corrected chi connectivity index (χ1v) is 8.79. The van der Waals surface area contributed by atoms with Gasteiger partial charge in [-0.2, -0.15) is 0 Å². The second-order valence-corrected chi connectivity index (χ2v) is 7.58. The van der Waals surface area contributed by atoms with Gasteiger partial charge in [-0.05, 0) is 24.5 Å². The lowest BCUT2D eigenvalue weighted by Gasteiger charge is -2.10. The molecule has 0 radical (unpaired) electrons. The third kappa shape index (κ3) is 3.33. The maximum atomic E-state index is 12.2. The third-order valence-electron chi connectivity index (χ3n) is 3.65. The fraction of sp³-hybridized carbons (Fsp3) is 0.357. The number of rotatable bonds is 4. The summed E-state index contributed by atoms with van der Waals surface area (Å²) in [6, 6.07) is 3.30. The number of carbonyl (C=O) groups excluding carboxylic acids is 1. The van der Waals surface area contributed by atoms with E-state index in [0.29, 0.717) is 24.3 Å². The standard InChI is InChI=1S/C14H16N4O3S/c19-14(17-8-11-2-6-22(20,21)9-11)12-1-3-16-13(7-12)18-5-4-15-10-18/h1,3-5,7,10-11H,2,6,8-9H2,(H,17,19). The Morgan fingerprint density at radius 3 is 2.95 bits per heavy atom. The highest BCUT2D eigenvalue weighted by atomic mass is 32.2. The molecular weight excluding hydrogens is 304 g/mol. The lowest BCUT2D eigenvalue weighted by molar-refractivity contribution is 0.0948. The molecule has 2 aromatic rings. The Hall–Kier alpha value is -2.22. The van der Waals surface area contributed by atoms with Crippen molar-refractivity contribution < 1.29 is 13.2 Å². The van der Waals surface area contributed by atoms with E-state index in [1.54, 1.807) is 41.6 Å². The maximum Gasteiger partial charge on any atom is 0.251 e. The van der Waals surface area contributed by atoms with Crippen LogP contribution < -0.4 is 5.32 Å². The number of pyridine rings is 1. The van der Waals surface area contributed by atoms with Gasteiger partial charge in [-0.25, -0.2) is 18.4 Å². The zero-order valence-electron chi connectivity index (χ0n) is 11.8. The Kier molecular flexibility index (Phi) is 3.93. The van der Waals surface area contributed by atoms with Crippen LogP contribution in [0.4, 0.5) is 0 Å². The maximum absolute atomic E-state index is 12.2. The number of nitrogens with one attached hydrogen (secondary N) is 1. The molecule has 3 rings (SSSR count). The molecule has 2 aromatic heterocycles. The highest BCUT2D eigenvalue weighted by Gasteiger charge is 2.28. The van der Waals surface area contributed by atoms with Crippen molar-refractivity contribution in [1.29, 1.82) is 0 Å². The smallest absolute Gasteiger partial charge is 0.251 e. The van der Waals surface area contributed by atoms with Crippen molar-refractivity contribution in [2.75, 3.05) is 18.1 Å². The molecule has 1 amide bonds. The van der Waals surface area contributed by atoms with Crippen LogP contribution in [0.5, 0.6) is 0 Å². The van der Waals surface area contributed by atoms with Gasteiger partial charge in [0.15, 0.2) is 9.84 Å². The van der Waals surface area contributed by atoms with E-state index in [9.17, 15) is 13.2 Å². The van der Waals surface area contributed by atoms with Crippen molar-refractivity contribution in [3.63, 3.8) is 0 Å². The molecule has 0 saturated carbocycles. The molecule has 1 fully saturated rings. The van der Waals surface area contributed by atoms with Crippen LogP contribution in [0.2, 0.25) is 0 Å². The molecular formula is C14H16N4O3S. The minimum Gasteiger partial charge on any atom is -0.352 e. The molecule has 22 heavy (non-hydrogen) atoms. The predicted octanol–water partition coefficient (Wildman–Crippen LogP) is 0.432. The number of carbonyl (C=O) groups is 1. The molecule has 1 saturated heterocycles. The Morgan fingerprint density at radius 2 is 2.27 bits per heavy atom. The van der Waals surface area contributed by atoms with Gasteiger partial charge in [0.2, 0.25) is 0 Å². The molecule has 0 spiro atoms. The van der Waals surface area contributed by atoms with E-state index in [0.717, 1.165) is 0 Å². The highest BCUT2D eigenvalue weighted by Crippen LogP contribution is 2.17. The largest absolute Gasteiger partial charge is 0.352 e. The van der Waals surface area contributed by atoms with E-state index in [1.165, 1.54) is 0 Å².